The molecule has 92 valence electrons. The van der Waals surface area contributed by atoms with Crippen LogP contribution in [-0.4, -0.2) is 21.0 Å². The Morgan fingerprint density at radius 3 is 2.83 bits per heavy atom. The van der Waals surface area contributed by atoms with Crippen molar-refractivity contribution in [3.8, 4) is 11.5 Å². The maximum Gasteiger partial charge on any atom is 0.178 e. The summed E-state index contributed by atoms with van der Waals surface area (Å²) in [6.45, 7) is 0.785. The van der Waals surface area contributed by atoms with Crippen LogP contribution in [-0.2, 0) is 6.54 Å². The molecule has 18 heavy (non-hydrogen) atoms. The summed E-state index contributed by atoms with van der Waals surface area (Å²) in [5.74, 6) is 0.641. The smallest absolute Gasteiger partial charge is 0.178 e. The van der Waals surface area contributed by atoms with Crippen LogP contribution >= 0.6 is 11.6 Å². The van der Waals surface area contributed by atoms with Crippen LogP contribution in [0.15, 0.2) is 30.6 Å². The normalized spacial score (nSPS) is 14.7. The highest BCUT2D eigenvalue weighted by molar-refractivity contribution is 6.30. The highest BCUT2D eigenvalue weighted by Crippen LogP contribution is 2.19. The lowest BCUT2D eigenvalue weighted by atomic mass is 10.3. The van der Waals surface area contributed by atoms with E-state index in [1.54, 1.807) is 18.5 Å². The van der Waals surface area contributed by atoms with E-state index in [9.17, 15) is 0 Å². The molecule has 0 unspecified atom stereocenters. The Balaban J connectivity index is 1.78. The van der Waals surface area contributed by atoms with Crippen molar-refractivity contribution in [2.45, 2.75) is 25.4 Å². The fraction of sp³-hybridized carbons (Fsp3) is 0.308. The number of hydrogen-bond donors (Lipinski definition) is 1. The first-order valence-electron chi connectivity index (χ1n) is 5.98. The van der Waals surface area contributed by atoms with Crippen molar-refractivity contribution in [3.63, 3.8) is 0 Å². The van der Waals surface area contributed by atoms with Gasteiger partial charge in [0.15, 0.2) is 5.82 Å². The minimum atomic E-state index is 0.616. The van der Waals surface area contributed by atoms with E-state index >= 15 is 0 Å². The molecule has 0 spiro atoms. The molecule has 0 atom stereocenters. The molecule has 1 aliphatic carbocycles. The maximum absolute atomic E-state index is 5.81. The lowest BCUT2D eigenvalue weighted by Crippen LogP contribution is -2.16. The van der Waals surface area contributed by atoms with E-state index in [1.165, 1.54) is 12.8 Å². The number of nitrogens with zero attached hydrogens (tertiary/aromatic N) is 3. The van der Waals surface area contributed by atoms with Gasteiger partial charge in [0, 0.05) is 25.0 Å². The van der Waals surface area contributed by atoms with E-state index in [1.807, 2.05) is 12.1 Å². The molecule has 0 aliphatic heterocycles. The van der Waals surface area contributed by atoms with Crippen LogP contribution in [0.25, 0.3) is 11.5 Å². The van der Waals surface area contributed by atoms with Gasteiger partial charge in [-0.25, -0.2) is 9.97 Å². The average Bonchev–Trinajstić information content (AvgIpc) is 3.22. The second kappa shape index (κ2) is 5.00. The van der Waals surface area contributed by atoms with Crippen molar-refractivity contribution in [3.05, 3.63) is 41.3 Å². The molecular weight excluding hydrogens is 248 g/mol. The van der Waals surface area contributed by atoms with Crippen molar-refractivity contribution < 1.29 is 0 Å². The van der Waals surface area contributed by atoms with Crippen LogP contribution in [0.4, 0.5) is 0 Å². The van der Waals surface area contributed by atoms with E-state index in [0.29, 0.717) is 16.9 Å². The van der Waals surface area contributed by atoms with Crippen molar-refractivity contribution >= 4 is 11.6 Å². The molecule has 4 nitrogen and oxygen atoms in total. The molecule has 0 saturated heterocycles. The molecule has 2 aromatic heterocycles. The van der Waals surface area contributed by atoms with Gasteiger partial charge < -0.3 is 5.32 Å². The van der Waals surface area contributed by atoms with E-state index in [-0.39, 0.29) is 0 Å². The Bertz CT molecular complexity index is 537. The zero-order chi connectivity index (χ0) is 12.4. The topological polar surface area (TPSA) is 50.7 Å². The highest BCUT2D eigenvalue weighted by Gasteiger charge is 2.20. The van der Waals surface area contributed by atoms with Gasteiger partial charge in [0.1, 0.15) is 5.69 Å². The van der Waals surface area contributed by atoms with Crippen LogP contribution in [0.1, 0.15) is 18.5 Å². The Hall–Kier alpha value is -1.52. The van der Waals surface area contributed by atoms with Crippen molar-refractivity contribution in [1.82, 2.24) is 20.3 Å². The predicted molar refractivity (Wildman–Crippen MR) is 70.1 cm³/mol. The van der Waals surface area contributed by atoms with Gasteiger partial charge in [-0.2, -0.15) is 0 Å². The van der Waals surface area contributed by atoms with Crippen LogP contribution in [0.3, 0.4) is 0 Å². The van der Waals surface area contributed by atoms with E-state index in [0.717, 1.165) is 17.9 Å². The molecule has 3 rings (SSSR count). The van der Waals surface area contributed by atoms with Gasteiger partial charge in [-0.15, -0.1) is 0 Å². The van der Waals surface area contributed by atoms with Crippen LogP contribution < -0.4 is 5.32 Å². The van der Waals surface area contributed by atoms with E-state index in [2.05, 4.69) is 20.3 Å². The zero-order valence-electron chi connectivity index (χ0n) is 9.81. The molecule has 5 heteroatoms. The van der Waals surface area contributed by atoms with Crippen LogP contribution in [0, 0.1) is 0 Å². The first kappa shape index (κ1) is 11.6. The summed E-state index contributed by atoms with van der Waals surface area (Å²) >= 11 is 5.81. The molecule has 2 heterocycles. The summed E-state index contributed by atoms with van der Waals surface area (Å²) in [7, 11) is 0. The number of nitrogens with one attached hydrogen (secondary N) is 1. The Morgan fingerprint density at radius 1 is 1.22 bits per heavy atom. The number of pyridine rings is 1. The van der Waals surface area contributed by atoms with Crippen LogP contribution in [0.2, 0.25) is 5.02 Å². The summed E-state index contributed by atoms with van der Waals surface area (Å²) in [4.78, 5) is 13.0. The van der Waals surface area contributed by atoms with Gasteiger partial charge >= 0.3 is 0 Å². The molecule has 0 amide bonds. The molecule has 2 aromatic rings. The van der Waals surface area contributed by atoms with Gasteiger partial charge in [-0.05, 0) is 31.0 Å². The first-order chi connectivity index (χ1) is 8.81. The molecule has 1 saturated carbocycles. The second-order valence-electron chi connectivity index (χ2n) is 4.39. The Morgan fingerprint density at radius 2 is 2.11 bits per heavy atom. The molecule has 1 fully saturated rings. The summed E-state index contributed by atoms with van der Waals surface area (Å²) in [5.41, 5.74) is 1.73. The monoisotopic (exact) mass is 260 g/mol. The third-order valence-corrected chi connectivity index (χ3v) is 3.04. The van der Waals surface area contributed by atoms with Crippen molar-refractivity contribution in [2.75, 3.05) is 0 Å². The number of hydrogen-bond acceptors (Lipinski definition) is 4. The quantitative estimate of drug-likeness (QED) is 0.917. The summed E-state index contributed by atoms with van der Waals surface area (Å²) < 4.78 is 0. The van der Waals surface area contributed by atoms with Crippen LogP contribution in [0.5, 0.6) is 0 Å². The van der Waals surface area contributed by atoms with Gasteiger partial charge in [0.2, 0.25) is 0 Å². The van der Waals surface area contributed by atoms with Gasteiger partial charge in [0.25, 0.3) is 0 Å². The molecule has 0 radical (unpaired) electrons. The van der Waals surface area contributed by atoms with Gasteiger partial charge in [-0.1, -0.05) is 11.6 Å². The Kier molecular flexibility index (Phi) is 3.21. The van der Waals surface area contributed by atoms with E-state index < -0.39 is 0 Å². The molecule has 1 N–H and O–H groups in total. The number of rotatable bonds is 4. The third kappa shape index (κ3) is 2.83. The first-order valence-corrected chi connectivity index (χ1v) is 6.36. The van der Waals surface area contributed by atoms with Crippen molar-refractivity contribution in [2.24, 2.45) is 0 Å². The minimum absolute atomic E-state index is 0.616. The predicted octanol–water partition coefficient (Wildman–Crippen LogP) is 2.44. The standard InChI is InChI=1S/C13H13ClN4/c14-9-1-4-12(17-7-9)13-15-6-5-11(18-13)8-16-10-2-3-10/h1,4-7,10,16H,2-3,8H2. The highest BCUT2D eigenvalue weighted by atomic mass is 35.5. The zero-order valence-corrected chi connectivity index (χ0v) is 10.6. The average molecular weight is 261 g/mol. The van der Waals surface area contributed by atoms with Crippen molar-refractivity contribution in [1.29, 1.82) is 0 Å². The summed E-state index contributed by atoms with van der Waals surface area (Å²) in [5, 5.41) is 4.04. The number of halogens is 1. The fourth-order valence-electron chi connectivity index (χ4n) is 1.66. The largest absolute Gasteiger partial charge is 0.308 e. The lowest BCUT2D eigenvalue weighted by Gasteiger charge is -2.04. The Labute approximate surface area is 110 Å². The molecule has 1 aliphatic rings. The fourth-order valence-corrected chi connectivity index (χ4v) is 1.77. The third-order valence-electron chi connectivity index (χ3n) is 2.82. The summed E-state index contributed by atoms with van der Waals surface area (Å²) in [6, 6.07) is 6.23. The molecule has 0 bridgehead atoms. The summed E-state index contributed by atoms with van der Waals surface area (Å²) in [6.07, 6.45) is 5.92. The van der Waals surface area contributed by atoms with Gasteiger partial charge in [-0.3, -0.25) is 4.98 Å². The SMILES string of the molecule is Clc1ccc(-c2nccc(CNC3CC3)n2)nc1. The van der Waals surface area contributed by atoms with E-state index in [4.69, 9.17) is 11.6 Å². The second-order valence-corrected chi connectivity index (χ2v) is 4.82. The molecule has 0 aromatic carbocycles. The maximum atomic E-state index is 5.81. The number of aromatic nitrogens is 3. The lowest BCUT2D eigenvalue weighted by molar-refractivity contribution is 0.673. The molecular formula is C13H13ClN4. The van der Waals surface area contributed by atoms with Gasteiger partial charge in [0.05, 0.1) is 10.7 Å². The minimum Gasteiger partial charge on any atom is -0.308 e.